The Labute approximate surface area is 139 Å². The van der Waals surface area contributed by atoms with Crippen molar-refractivity contribution in [1.82, 2.24) is 15.1 Å². The van der Waals surface area contributed by atoms with Crippen molar-refractivity contribution in [2.75, 3.05) is 18.8 Å². The summed E-state index contributed by atoms with van der Waals surface area (Å²) in [4.78, 5) is 13.4. The van der Waals surface area contributed by atoms with Crippen LogP contribution in [0.3, 0.4) is 0 Å². The molecule has 2 aromatic rings. The molecule has 0 spiro atoms. The highest BCUT2D eigenvalue weighted by molar-refractivity contribution is 7.92. The third-order valence-corrected chi connectivity index (χ3v) is 5.14. The Balaban J connectivity index is 2.35. The Hall–Kier alpha value is -2.06. The zero-order valence-corrected chi connectivity index (χ0v) is 14.7. The number of sulfonamides is 1. The molecule has 9 heteroatoms. The van der Waals surface area contributed by atoms with E-state index >= 15 is 0 Å². The third kappa shape index (κ3) is 3.48. The number of carbonyl (C=O) groups excluding carboxylic acids is 1. The molecule has 1 heterocycles. The second-order valence-electron chi connectivity index (χ2n) is 5.26. The summed E-state index contributed by atoms with van der Waals surface area (Å²) in [7, 11) is -0.574. The SMILES string of the molecule is Cc1n[nH]c(C)c1S(=O)(=O)Nc1ccc(C(=O)N(C)C)c(Cl)c1. The van der Waals surface area contributed by atoms with E-state index < -0.39 is 10.0 Å². The molecule has 1 amide bonds. The van der Waals surface area contributed by atoms with Crippen LogP contribution in [0.1, 0.15) is 21.7 Å². The quantitative estimate of drug-likeness (QED) is 0.877. The van der Waals surface area contributed by atoms with Gasteiger partial charge in [-0.3, -0.25) is 14.6 Å². The number of benzene rings is 1. The zero-order chi connectivity index (χ0) is 17.4. The normalized spacial score (nSPS) is 11.3. The van der Waals surface area contributed by atoms with E-state index in [0.29, 0.717) is 17.0 Å². The van der Waals surface area contributed by atoms with Gasteiger partial charge in [-0.05, 0) is 32.0 Å². The van der Waals surface area contributed by atoms with E-state index in [9.17, 15) is 13.2 Å². The summed E-state index contributed by atoms with van der Waals surface area (Å²) in [5.74, 6) is -0.258. The van der Waals surface area contributed by atoms with E-state index in [0.717, 1.165) is 0 Å². The number of aromatic amines is 1. The lowest BCUT2D eigenvalue weighted by atomic mass is 10.2. The summed E-state index contributed by atoms with van der Waals surface area (Å²) in [6.07, 6.45) is 0. The number of halogens is 1. The number of amides is 1. The molecule has 0 saturated carbocycles. The van der Waals surface area contributed by atoms with Crippen LogP contribution in [-0.2, 0) is 10.0 Å². The van der Waals surface area contributed by atoms with Gasteiger partial charge in [0.2, 0.25) is 0 Å². The van der Waals surface area contributed by atoms with Crippen molar-refractivity contribution >= 4 is 33.2 Å². The first-order valence-electron chi connectivity index (χ1n) is 6.69. The minimum Gasteiger partial charge on any atom is -0.345 e. The molecule has 0 unspecified atom stereocenters. The van der Waals surface area contributed by atoms with E-state index in [2.05, 4.69) is 14.9 Å². The number of hydrogen-bond donors (Lipinski definition) is 2. The predicted octanol–water partition coefficient (Wildman–Crippen LogP) is 2.18. The number of rotatable bonds is 4. The Bertz CT molecular complexity index is 839. The van der Waals surface area contributed by atoms with Crippen molar-refractivity contribution in [3.8, 4) is 0 Å². The van der Waals surface area contributed by atoms with E-state index in [1.165, 1.54) is 23.1 Å². The molecule has 0 atom stereocenters. The van der Waals surface area contributed by atoms with Gasteiger partial charge in [0.25, 0.3) is 15.9 Å². The summed E-state index contributed by atoms with van der Waals surface area (Å²) in [6.45, 7) is 3.23. The fourth-order valence-electron chi connectivity index (χ4n) is 2.14. The lowest BCUT2D eigenvalue weighted by Gasteiger charge is -2.13. The lowest BCUT2D eigenvalue weighted by Crippen LogP contribution is -2.22. The molecule has 0 fully saturated rings. The third-order valence-electron chi connectivity index (χ3n) is 3.19. The molecule has 2 N–H and O–H groups in total. The zero-order valence-electron chi connectivity index (χ0n) is 13.1. The summed E-state index contributed by atoms with van der Waals surface area (Å²) in [6, 6.07) is 4.38. The second kappa shape index (κ2) is 6.21. The van der Waals surface area contributed by atoms with Gasteiger partial charge >= 0.3 is 0 Å². The van der Waals surface area contributed by atoms with E-state index in [1.54, 1.807) is 27.9 Å². The molecule has 0 aliphatic carbocycles. The molecule has 1 aromatic heterocycles. The maximum Gasteiger partial charge on any atom is 0.265 e. The van der Waals surface area contributed by atoms with Crippen LogP contribution in [0.4, 0.5) is 5.69 Å². The number of carbonyl (C=O) groups is 1. The molecular weight excluding hydrogens is 340 g/mol. The molecule has 7 nitrogen and oxygen atoms in total. The highest BCUT2D eigenvalue weighted by Gasteiger charge is 2.23. The Morgan fingerprint density at radius 1 is 1.30 bits per heavy atom. The van der Waals surface area contributed by atoms with Crippen molar-refractivity contribution in [2.24, 2.45) is 0 Å². The van der Waals surface area contributed by atoms with Gasteiger partial charge in [0.05, 0.1) is 27.7 Å². The molecule has 23 heavy (non-hydrogen) atoms. The fraction of sp³-hybridized carbons (Fsp3) is 0.286. The Morgan fingerprint density at radius 2 is 1.96 bits per heavy atom. The highest BCUT2D eigenvalue weighted by atomic mass is 35.5. The van der Waals surface area contributed by atoms with Gasteiger partial charge in [-0.15, -0.1) is 0 Å². The lowest BCUT2D eigenvalue weighted by molar-refractivity contribution is 0.0828. The average Bonchev–Trinajstić information content (AvgIpc) is 2.77. The number of nitrogens with zero attached hydrogens (tertiary/aromatic N) is 2. The van der Waals surface area contributed by atoms with Gasteiger partial charge in [-0.2, -0.15) is 5.10 Å². The summed E-state index contributed by atoms with van der Waals surface area (Å²) in [5.41, 5.74) is 1.39. The second-order valence-corrected chi connectivity index (χ2v) is 7.29. The topological polar surface area (TPSA) is 95.2 Å². The number of H-pyrrole nitrogens is 1. The van der Waals surface area contributed by atoms with Crippen LogP contribution in [0.5, 0.6) is 0 Å². The number of hydrogen-bond acceptors (Lipinski definition) is 4. The maximum absolute atomic E-state index is 12.5. The molecule has 0 radical (unpaired) electrons. The summed E-state index contributed by atoms with van der Waals surface area (Å²) < 4.78 is 27.3. The number of aryl methyl sites for hydroxylation is 2. The van der Waals surface area contributed by atoms with E-state index in [1.807, 2.05) is 0 Å². The first-order chi connectivity index (χ1) is 10.6. The maximum atomic E-state index is 12.5. The Morgan fingerprint density at radius 3 is 2.43 bits per heavy atom. The van der Waals surface area contributed by atoms with Gasteiger partial charge in [0.15, 0.2) is 0 Å². The Kier molecular flexibility index (Phi) is 4.67. The molecule has 0 aliphatic rings. The number of aromatic nitrogens is 2. The van der Waals surface area contributed by atoms with E-state index in [4.69, 9.17) is 11.6 Å². The minimum absolute atomic E-state index is 0.0991. The first-order valence-corrected chi connectivity index (χ1v) is 8.55. The molecule has 0 bridgehead atoms. The van der Waals surface area contributed by atoms with Gasteiger partial charge in [-0.1, -0.05) is 11.6 Å². The van der Waals surface area contributed by atoms with Crippen molar-refractivity contribution in [2.45, 2.75) is 18.7 Å². The van der Waals surface area contributed by atoms with Crippen LogP contribution in [0, 0.1) is 13.8 Å². The smallest absolute Gasteiger partial charge is 0.265 e. The van der Waals surface area contributed by atoms with Crippen molar-refractivity contribution in [1.29, 1.82) is 0 Å². The van der Waals surface area contributed by atoms with Crippen LogP contribution in [0.15, 0.2) is 23.1 Å². The minimum atomic E-state index is -3.80. The van der Waals surface area contributed by atoms with Crippen LogP contribution in [0.2, 0.25) is 5.02 Å². The summed E-state index contributed by atoms with van der Waals surface area (Å²) >= 11 is 6.08. The molecule has 0 saturated heterocycles. The van der Waals surface area contributed by atoms with Gasteiger partial charge < -0.3 is 4.90 Å². The van der Waals surface area contributed by atoms with Gasteiger partial charge in [0, 0.05) is 14.1 Å². The van der Waals surface area contributed by atoms with Gasteiger partial charge in [0.1, 0.15) is 4.90 Å². The van der Waals surface area contributed by atoms with E-state index in [-0.39, 0.29) is 21.5 Å². The molecule has 124 valence electrons. The number of anilines is 1. The first kappa shape index (κ1) is 17.3. The average molecular weight is 357 g/mol. The van der Waals surface area contributed by atoms with Crippen LogP contribution in [0.25, 0.3) is 0 Å². The van der Waals surface area contributed by atoms with Crippen LogP contribution >= 0.6 is 11.6 Å². The fourth-order valence-corrected chi connectivity index (χ4v) is 3.82. The largest absolute Gasteiger partial charge is 0.345 e. The molecule has 0 aliphatic heterocycles. The molecule has 1 aromatic carbocycles. The highest BCUT2D eigenvalue weighted by Crippen LogP contribution is 2.25. The number of nitrogens with one attached hydrogen (secondary N) is 2. The molecular formula is C14H17ClN4O3S. The summed E-state index contributed by atoms with van der Waals surface area (Å²) in [5, 5.41) is 6.68. The van der Waals surface area contributed by atoms with Crippen molar-refractivity contribution < 1.29 is 13.2 Å². The van der Waals surface area contributed by atoms with Crippen molar-refractivity contribution in [3.63, 3.8) is 0 Å². The van der Waals surface area contributed by atoms with Crippen molar-refractivity contribution in [3.05, 3.63) is 40.2 Å². The van der Waals surface area contributed by atoms with Crippen LogP contribution < -0.4 is 4.72 Å². The van der Waals surface area contributed by atoms with Gasteiger partial charge in [-0.25, -0.2) is 8.42 Å². The van der Waals surface area contributed by atoms with Crippen LogP contribution in [-0.4, -0.2) is 43.5 Å². The monoisotopic (exact) mass is 356 g/mol. The predicted molar refractivity (Wildman–Crippen MR) is 88.3 cm³/mol. The standard InChI is InChI=1S/C14H17ClN4O3S/c1-8-13(9(2)17-16-8)23(21,22)18-10-5-6-11(12(15)7-10)14(20)19(3)4/h5-7,18H,1-4H3,(H,16,17). The molecule has 2 rings (SSSR count).